The monoisotopic (exact) mass is 268 g/mol. The molecule has 1 unspecified atom stereocenters. The molecule has 0 bridgehead atoms. The van der Waals surface area contributed by atoms with Gasteiger partial charge in [-0.1, -0.05) is 26.2 Å². The molecule has 1 saturated carbocycles. The summed E-state index contributed by atoms with van der Waals surface area (Å²) in [6, 6.07) is 0.0644. The molecule has 2 fully saturated rings. The predicted molar refractivity (Wildman–Crippen MR) is 72.0 cm³/mol. The number of carboxylic acids is 1. The highest BCUT2D eigenvalue weighted by molar-refractivity contribution is 5.80. The Labute approximate surface area is 114 Å². The Morgan fingerprint density at radius 1 is 1.26 bits per heavy atom. The minimum Gasteiger partial charge on any atom is -0.480 e. The van der Waals surface area contributed by atoms with Crippen molar-refractivity contribution in [1.82, 2.24) is 9.80 Å². The summed E-state index contributed by atoms with van der Waals surface area (Å²) in [7, 11) is 0. The van der Waals surface area contributed by atoms with E-state index in [1.807, 2.05) is 4.90 Å². The fraction of sp³-hybridized carbons (Fsp3) is 0.857. The molecule has 2 amide bonds. The van der Waals surface area contributed by atoms with Gasteiger partial charge in [0, 0.05) is 19.1 Å². The maximum atomic E-state index is 12.5. The summed E-state index contributed by atoms with van der Waals surface area (Å²) in [6.07, 6.45) is 6.24. The molecule has 2 rings (SSSR count). The summed E-state index contributed by atoms with van der Waals surface area (Å²) < 4.78 is 0. The molecule has 1 atom stereocenters. The molecule has 108 valence electrons. The average molecular weight is 268 g/mol. The number of carboxylic acid groups (broad SMARTS) is 1. The molecule has 1 heterocycles. The summed E-state index contributed by atoms with van der Waals surface area (Å²) in [4.78, 5) is 26.9. The van der Waals surface area contributed by atoms with Gasteiger partial charge in [-0.3, -0.25) is 4.79 Å². The Bertz CT molecular complexity index is 340. The van der Waals surface area contributed by atoms with Crippen LogP contribution in [0.15, 0.2) is 0 Å². The lowest BCUT2D eigenvalue weighted by molar-refractivity contribution is -0.138. The molecule has 0 spiro atoms. The second kappa shape index (κ2) is 6.26. The van der Waals surface area contributed by atoms with Crippen LogP contribution in [0.1, 0.15) is 45.4 Å². The van der Waals surface area contributed by atoms with Crippen molar-refractivity contribution < 1.29 is 14.7 Å². The van der Waals surface area contributed by atoms with Gasteiger partial charge in [0.2, 0.25) is 0 Å². The second-order valence-electron chi connectivity index (χ2n) is 5.75. The molecular weight excluding hydrogens is 244 g/mol. The first-order valence-corrected chi connectivity index (χ1v) is 7.39. The minimum absolute atomic E-state index is 0.0646. The lowest BCUT2D eigenvalue weighted by Crippen LogP contribution is -2.48. The topological polar surface area (TPSA) is 60.9 Å². The Kier molecular flexibility index (Phi) is 4.66. The van der Waals surface area contributed by atoms with Gasteiger partial charge < -0.3 is 14.9 Å². The molecule has 0 aromatic heterocycles. The van der Waals surface area contributed by atoms with E-state index in [-0.39, 0.29) is 18.6 Å². The van der Waals surface area contributed by atoms with E-state index in [0.29, 0.717) is 5.92 Å². The number of amides is 2. The zero-order valence-corrected chi connectivity index (χ0v) is 11.7. The van der Waals surface area contributed by atoms with E-state index in [1.54, 1.807) is 4.90 Å². The standard InChI is InChI=1S/C14H24N2O3/c1-2-11-7-8-15(9-11)14(19)16(10-13(17)18)12-5-3-4-6-12/h11-12H,2-10H2,1H3,(H,17,18). The summed E-state index contributed by atoms with van der Waals surface area (Å²) >= 11 is 0. The number of rotatable bonds is 4. The first kappa shape index (κ1) is 14.2. The Balaban J connectivity index is 2.00. The fourth-order valence-corrected chi connectivity index (χ4v) is 3.24. The number of likely N-dealkylation sites (tertiary alicyclic amines) is 1. The third-order valence-corrected chi connectivity index (χ3v) is 4.45. The molecule has 0 aromatic rings. The third kappa shape index (κ3) is 3.39. The van der Waals surface area contributed by atoms with Crippen LogP contribution in [0, 0.1) is 5.92 Å². The van der Waals surface area contributed by atoms with Crippen LogP contribution in [-0.2, 0) is 4.79 Å². The van der Waals surface area contributed by atoms with E-state index < -0.39 is 5.97 Å². The molecule has 1 saturated heterocycles. The highest BCUT2D eigenvalue weighted by Gasteiger charge is 2.34. The molecule has 5 heteroatoms. The van der Waals surface area contributed by atoms with Crippen molar-refractivity contribution in [1.29, 1.82) is 0 Å². The van der Waals surface area contributed by atoms with E-state index in [1.165, 1.54) is 0 Å². The van der Waals surface area contributed by atoms with Crippen molar-refractivity contribution in [2.24, 2.45) is 5.92 Å². The first-order chi connectivity index (χ1) is 9.11. The lowest BCUT2D eigenvalue weighted by Gasteiger charge is -2.31. The maximum absolute atomic E-state index is 12.5. The highest BCUT2D eigenvalue weighted by Crippen LogP contribution is 2.26. The zero-order chi connectivity index (χ0) is 13.8. The van der Waals surface area contributed by atoms with Gasteiger partial charge in [-0.05, 0) is 25.2 Å². The van der Waals surface area contributed by atoms with Crippen molar-refractivity contribution in [3.05, 3.63) is 0 Å². The molecular formula is C14H24N2O3. The molecule has 1 aliphatic carbocycles. The summed E-state index contributed by atoms with van der Waals surface area (Å²) in [6.45, 7) is 3.56. The van der Waals surface area contributed by atoms with Gasteiger partial charge in [-0.2, -0.15) is 0 Å². The van der Waals surface area contributed by atoms with Crippen molar-refractivity contribution in [2.75, 3.05) is 19.6 Å². The van der Waals surface area contributed by atoms with Crippen molar-refractivity contribution in [2.45, 2.75) is 51.5 Å². The average Bonchev–Trinajstić information content (AvgIpc) is 3.05. The molecule has 2 aliphatic rings. The number of aliphatic carboxylic acids is 1. The molecule has 19 heavy (non-hydrogen) atoms. The smallest absolute Gasteiger partial charge is 0.323 e. The van der Waals surface area contributed by atoms with E-state index in [0.717, 1.165) is 51.6 Å². The predicted octanol–water partition coefficient (Wildman–Crippen LogP) is 2.17. The van der Waals surface area contributed by atoms with Crippen molar-refractivity contribution in [3.63, 3.8) is 0 Å². The van der Waals surface area contributed by atoms with Gasteiger partial charge in [0.05, 0.1) is 0 Å². The zero-order valence-electron chi connectivity index (χ0n) is 11.7. The molecule has 0 radical (unpaired) electrons. The van der Waals surface area contributed by atoms with Crippen LogP contribution in [0.2, 0.25) is 0 Å². The number of nitrogens with zero attached hydrogens (tertiary/aromatic N) is 2. The van der Waals surface area contributed by atoms with Crippen molar-refractivity contribution >= 4 is 12.0 Å². The summed E-state index contributed by atoms with van der Waals surface area (Å²) in [5.74, 6) is -0.328. The maximum Gasteiger partial charge on any atom is 0.323 e. The van der Waals surface area contributed by atoms with Crippen LogP contribution in [0.3, 0.4) is 0 Å². The Morgan fingerprint density at radius 2 is 1.95 bits per heavy atom. The summed E-state index contributed by atoms with van der Waals surface area (Å²) in [5.41, 5.74) is 0. The van der Waals surface area contributed by atoms with E-state index in [2.05, 4.69) is 6.92 Å². The van der Waals surface area contributed by atoms with Gasteiger partial charge in [-0.15, -0.1) is 0 Å². The van der Waals surface area contributed by atoms with Gasteiger partial charge >= 0.3 is 12.0 Å². The first-order valence-electron chi connectivity index (χ1n) is 7.39. The Hall–Kier alpha value is -1.26. The second-order valence-corrected chi connectivity index (χ2v) is 5.75. The lowest BCUT2D eigenvalue weighted by atomic mass is 10.1. The van der Waals surface area contributed by atoms with E-state index in [4.69, 9.17) is 5.11 Å². The van der Waals surface area contributed by atoms with Crippen LogP contribution >= 0.6 is 0 Å². The summed E-state index contributed by atoms with van der Waals surface area (Å²) in [5, 5.41) is 9.02. The van der Waals surface area contributed by atoms with E-state index in [9.17, 15) is 9.59 Å². The molecule has 5 nitrogen and oxygen atoms in total. The SMILES string of the molecule is CCC1CCN(C(=O)N(CC(=O)O)C2CCCC2)C1. The van der Waals surface area contributed by atoms with Gasteiger partial charge in [0.1, 0.15) is 6.54 Å². The van der Waals surface area contributed by atoms with Gasteiger partial charge in [0.25, 0.3) is 0 Å². The van der Waals surface area contributed by atoms with E-state index >= 15 is 0 Å². The minimum atomic E-state index is -0.911. The van der Waals surface area contributed by atoms with Crippen LogP contribution < -0.4 is 0 Å². The third-order valence-electron chi connectivity index (χ3n) is 4.45. The van der Waals surface area contributed by atoms with Crippen LogP contribution in [-0.4, -0.2) is 52.6 Å². The Morgan fingerprint density at radius 3 is 2.47 bits per heavy atom. The molecule has 1 N–H and O–H groups in total. The fourth-order valence-electron chi connectivity index (χ4n) is 3.24. The highest BCUT2D eigenvalue weighted by atomic mass is 16.4. The quantitative estimate of drug-likeness (QED) is 0.850. The number of urea groups is 1. The van der Waals surface area contributed by atoms with Gasteiger partial charge in [-0.25, -0.2) is 4.79 Å². The van der Waals surface area contributed by atoms with Crippen LogP contribution in [0.5, 0.6) is 0 Å². The molecule has 1 aliphatic heterocycles. The number of carbonyl (C=O) groups excluding carboxylic acids is 1. The number of carbonyl (C=O) groups is 2. The van der Waals surface area contributed by atoms with Crippen LogP contribution in [0.25, 0.3) is 0 Å². The number of hydrogen-bond acceptors (Lipinski definition) is 2. The molecule has 0 aromatic carbocycles. The van der Waals surface area contributed by atoms with Gasteiger partial charge in [0.15, 0.2) is 0 Å². The largest absolute Gasteiger partial charge is 0.480 e. The van der Waals surface area contributed by atoms with Crippen LogP contribution in [0.4, 0.5) is 4.79 Å². The normalized spacial score (nSPS) is 23.8. The number of hydrogen-bond donors (Lipinski definition) is 1. The van der Waals surface area contributed by atoms with Crippen molar-refractivity contribution in [3.8, 4) is 0 Å².